The Morgan fingerprint density at radius 1 is 0.950 bits per heavy atom. The van der Waals surface area contributed by atoms with Crippen LogP contribution in [-0.4, -0.2) is 125 Å². The predicted octanol–water partition coefficient (Wildman–Crippen LogP) is 0.997. The summed E-state index contributed by atoms with van der Waals surface area (Å²) >= 11 is 0. The van der Waals surface area contributed by atoms with E-state index in [1.54, 1.807) is 37.3 Å². The number of aliphatic hydroxyl groups is 3. The number of aliphatic hydroxyl groups excluding tert-OH is 1. The summed E-state index contributed by atoms with van der Waals surface area (Å²) in [6.07, 6.45) is -6.80. The third-order valence-corrected chi connectivity index (χ3v) is 10.5. The summed E-state index contributed by atoms with van der Waals surface area (Å²) in [5.74, 6) is -8.10. The minimum Gasteiger partial charge on any atom is -0.507 e. The quantitative estimate of drug-likeness (QED) is 0.0572. The van der Waals surface area contributed by atoms with Gasteiger partial charge < -0.3 is 60.8 Å². The summed E-state index contributed by atoms with van der Waals surface area (Å²) in [5.41, 5.74) is 3.30. The molecule has 1 fully saturated rings. The molecule has 11 N–H and O–H groups in total. The van der Waals surface area contributed by atoms with E-state index in [-0.39, 0.29) is 53.0 Å². The summed E-state index contributed by atoms with van der Waals surface area (Å²) in [7, 11) is 1.34. The van der Waals surface area contributed by atoms with E-state index in [4.69, 9.17) is 40.4 Å². The van der Waals surface area contributed by atoms with Crippen LogP contribution >= 0.6 is 0 Å². The number of hydrogen-bond donors (Lipinski definition) is 10. The number of fused-ring (bicyclic) bond motifs is 3. The van der Waals surface area contributed by atoms with Crippen LogP contribution in [0.1, 0.15) is 99.0 Å². The van der Waals surface area contributed by atoms with Crippen LogP contribution in [0, 0.1) is 0 Å². The van der Waals surface area contributed by atoms with Crippen LogP contribution in [0.25, 0.3) is 0 Å². The number of methoxy groups -OCH3 is 1. The molecule has 1 saturated heterocycles. The maximum absolute atomic E-state index is 13.9. The second-order valence-electron chi connectivity index (χ2n) is 14.6. The Bertz CT molecular complexity index is 2230. The van der Waals surface area contributed by atoms with Crippen LogP contribution in [0.15, 0.2) is 53.6 Å². The molecule has 20 nitrogen and oxygen atoms in total. The number of carboxylic acid groups (broad SMARTS) is 3. The summed E-state index contributed by atoms with van der Waals surface area (Å²) in [5, 5.41) is 83.8. The highest BCUT2D eigenvalue weighted by atomic mass is 16.7. The van der Waals surface area contributed by atoms with Gasteiger partial charge >= 0.3 is 17.9 Å². The molecule has 0 bridgehead atoms. The van der Waals surface area contributed by atoms with Crippen molar-refractivity contribution in [3.63, 3.8) is 0 Å². The van der Waals surface area contributed by atoms with Gasteiger partial charge in [-0.15, -0.1) is 0 Å². The lowest BCUT2D eigenvalue weighted by atomic mass is 9.71. The number of carboxylic acids is 3. The fraction of sp³-hybridized carbons (Fsp3) is 0.375. The molecule has 6 atom stereocenters. The van der Waals surface area contributed by atoms with Crippen molar-refractivity contribution in [2.24, 2.45) is 10.8 Å². The van der Waals surface area contributed by atoms with Crippen molar-refractivity contribution in [2.75, 3.05) is 7.11 Å². The Hall–Kier alpha value is -6.29. The van der Waals surface area contributed by atoms with Gasteiger partial charge in [-0.1, -0.05) is 30.3 Å². The number of phenols is 2. The van der Waals surface area contributed by atoms with E-state index < -0.39 is 113 Å². The van der Waals surface area contributed by atoms with Gasteiger partial charge in [0.1, 0.15) is 22.8 Å². The average molecular weight is 838 g/mol. The summed E-state index contributed by atoms with van der Waals surface area (Å²) in [4.78, 5) is 70.9. The maximum Gasteiger partial charge on any atom is 0.336 e. The Balaban J connectivity index is 0.000000454. The number of amides is 1. The van der Waals surface area contributed by atoms with E-state index in [0.717, 1.165) is 0 Å². The monoisotopic (exact) mass is 837 g/mol. The van der Waals surface area contributed by atoms with E-state index >= 15 is 0 Å². The molecule has 0 spiro atoms. The molecule has 2 aliphatic carbocycles. The standard InChI is InChI=1S/C34H35N3O10.C6H8O7/c1-15-28(38)20(35)12-23(46-15)47-22-14-34(44,16(2)36-37-33(43)17-8-5-4-6-9-17)13-19-25(22)32(42)27-26(30(19)40)29(39)18-10-7-11-21(45-3)24(18)31(27)41;7-3(8)1-6(13,5(11)12)2-4(9)10/h4-11,15,20,22-23,28,38,40,42,44H,12-14,35H2,1-3H3,(H,37,43);13H,1-2H2,(H,7,8)(H,9,10)(H,11,12)/t15-,20-,22-,23-,28+,34-;/m0./s1. The third kappa shape index (κ3) is 8.83. The third-order valence-electron chi connectivity index (χ3n) is 10.5. The Morgan fingerprint density at radius 2 is 1.57 bits per heavy atom. The number of hydrogen-bond acceptors (Lipinski definition) is 16. The molecule has 320 valence electrons. The van der Waals surface area contributed by atoms with E-state index in [1.165, 1.54) is 32.2 Å². The van der Waals surface area contributed by atoms with E-state index in [2.05, 4.69) is 10.5 Å². The molecule has 0 saturated carbocycles. The lowest BCUT2D eigenvalue weighted by Gasteiger charge is -2.42. The molecule has 0 radical (unpaired) electrons. The first-order chi connectivity index (χ1) is 28.1. The average Bonchev–Trinajstić information content (AvgIpc) is 3.18. The lowest BCUT2D eigenvalue weighted by molar-refractivity contribution is -0.245. The fourth-order valence-electron chi connectivity index (χ4n) is 7.27. The Labute approximate surface area is 340 Å². The highest BCUT2D eigenvalue weighted by molar-refractivity contribution is 6.31. The molecule has 60 heavy (non-hydrogen) atoms. The van der Waals surface area contributed by atoms with Crippen molar-refractivity contribution in [3.8, 4) is 17.2 Å². The van der Waals surface area contributed by atoms with Crippen LogP contribution in [0.3, 0.4) is 0 Å². The number of nitrogens with zero attached hydrogens (tertiary/aromatic N) is 1. The van der Waals surface area contributed by atoms with Crippen molar-refractivity contribution < 1.29 is 83.8 Å². The number of carbonyl (C=O) groups excluding carboxylic acids is 3. The number of nitrogens with two attached hydrogens (primary N) is 1. The first-order valence-corrected chi connectivity index (χ1v) is 18.3. The molecular formula is C40H43N3O17. The molecule has 6 rings (SSSR count). The van der Waals surface area contributed by atoms with Crippen molar-refractivity contribution in [1.29, 1.82) is 0 Å². The molecule has 0 aromatic heterocycles. The number of aromatic hydroxyl groups is 2. The number of carbonyl (C=O) groups is 6. The highest BCUT2D eigenvalue weighted by Crippen LogP contribution is 2.52. The number of rotatable bonds is 11. The van der Waals surface area contributed by atoms with Crippen molar-refractivity contribution in [1.82, 2.24) is 5.43 Å². The van der Waals surface area contributed by atoms with E-state index in [9.17, 15) is 49.2 Å². The molecule has 20 heteroatoms. The molecule has 1 aliphatic heterocycles. The van der Waals surface area contributed by atoms with Gasteiger partial charge in [0.05, 0.1) is 60.7 Å². The van der Waals surface area contributed by atoms with Crippen LogP contribution in [-0.2, 0) is 30.3 Å². The number of phenolic OH excluding ortho intramolecular Hbond substituents is 2. The second kappa shape index (κ2) is 17.5. The zero-order valence-corrected chi connectivity index (χ0v) is 32.3. The largest absolute Gasteiger partial charge is 0.507 e. The molecule has 3 aromatic carbocycles. The van der Waals surface area contributed by atoms with Gasteiger partial charge in [-0.3, -0.25) is 24.0 Å². The molecule has 3 aromatic rings. The van der Waals surface area contributed by atoms with Gasteiger partial charge in [0.15, 0.2) is 17.7 Å². The van der Waals surface area contributed by atoms with Crippen LogP contribution in [0.4, 0.5) is 0 Å². The predicted molar refractivity (Wildman–Crippen MR) is 204 cm³/mol. The molecule has 1 heterocycles. The first kappa shape index (κ1) is 44.8. The number of ether oxygens (including phenoxy) is 3. The van der Waals surface area contributed by atoms with Gasteiger partial charge in [0.25, 0.3) is 5.91 Å². The molecule has 0 unspecified atom stereocenters. The first-order valence-electron chi connectivity index (χ1n) is 18.3. The van der Waals surface area contributed by atoms with E-state index in [0.29, 0.717) is 5.56 Å². The highest BCUT2D eigenvalue weighted by Gasteiger charge is 2.49. The normalized spacial score (nSPS) is 23.5. The number of aliphatic carboxylic acids is 3. The summed E-state index contributed by atoms with van der Waals surface area (Å²) < 4.78 is 17.5. The lowest BCUT2D eigenvalue weighted by Crippen LogP contribution is -2.52. The fourth-order valence-corrected chi connectivity index (χ4v) is 7.27. The van der Waals surface area contributed by atoms with Gasteiger partial charge in [0.2, 0.25) is 5.78 Å². The van der Waals surface area contributed by atoms with Crippen molar-refractivity contribution in [3.05, 3.63) is 87.5 Å². The van der Waals surface area contributed by atoms with Crippen molar-refractivity contribution in [2.45, 2.75) is 87.8 Å². The summed E-state index contributed by atoms with van der Waals surface area (Å²) in [6, 6.07) is 12.1. The number of nitrogens with one attached hydrogen (secondary N) is 1. The minimum absolute atomic E-state index is 0.0196. The zero-order valence-electron chi connectivity index (χ0n) is 32.3. The molecule has 1 amide bonds. The topological polar surface area (TPSA) is 342 Å². The van der Waals surface area contributed by atoms with Crippen LogP contribution in [0.2, 0.25) is 0 Å². The SMILES string of the molecule is COc1cccc2c1C(=O)c1c(O)c3c(c(O)c1C2=O)C[C@@](O)(C(C)=NNC(=O)c1ccccc1)C[C@@H]3O[C@H]1C[C@H](N)[C@H](O)[C@H](C)O1.O=C(O)CC(O)(CC(=O)O)C(=O)O. The Kier molecular flexibility index (Phi) is 13.1. The maximum atomic E-state index is 13.9. The van der Waals surface area contributed by atoms with E-state index in [1.807, 2.05) is 0 Å². The van der Waals surface area contributed by atoms with Gasteiger partial charge in [0, 0.05) is 47.6 Å². The van der Waals surface area contributed by atoms with Crippen molar-refractivity contribution >= 4 is 41.1 Å². The van der Waals surface area contributed by atoms with Gasteiger partial charge in [-0.25, -0.2) is 10.2 Å². The number of hydrazone groups is 1. The smallest absolute Gasteiger partial charge is 0.336 e. The second-order valence-corrected chi connectivity index (χ2v) is 14.6. The van der Waals surface area contributed by atoms with Crippen LogP contribution in [0.5, 0.6) is 17.2 Å². The zero-order chi connectivity index (χ0) is 44.4. The number of ketones is 2. The summed E-state index contributed by atoms with van der Waals surface area (Å²) in [6.45, 7) is 3.09. The van der Waals surface area contributed by atoms with Gasteiger partial charge in [-0.05, 0) is 32.0 Å². The molecular weight excluding hydrogens is 794 g/mol. The Morgan fingerprint density at radius 3 is 2.13 bits per heavy atom. The minimum atomic E-state index is -2.74. The van der Waals surface area contributed by atoms with Gasteiger partial charge in [-0.2, -0.15) is 5.10 Å². The number of benzene rings is 3. The van der Waals surface area contributed by atoms with Crippen LogP contribution < -0.4 is 15.9 Å². The molecule has 3 aliphatic rings.